The first-order valence-corrected chi connectivity index (χ1v) is 4.95. The summed E-state index contributed by atoms with van der Waals surface area (Å²) in [6.07, 6.45) is 0. The lowest BCUT2D eigenvalue weighted by Gasteiger charge is -2.03. The average Bonchev–Trinajstić information content (AvgIpc) is 2.66. The Labute approximate surface area is 88.2 Å². The third-order valence-corrected chi connectivity index (χ3v) is 3.38. The lowest BCUT2D eigenvalue weighted by molar-refractivity contribution is -0.385. The Bertz CT molecular complexity index is 415. The van der Waals surface area contributed by atoms with Crippen molar-refractivity contribution in [3.05, 3.63) is 39.9 Å². The topological polar surface area (TPSA) is 69.2 Å². The van der Waals surface area contributed by atoms with Crippen LogP contribution in [0.25, 0.3) is 0 Å². The molecule has 0 aromatic heterocycles. The second-order valence-corrected chi connectivity index (χ2v) is 4.64. The van der Waals surface area contributed by atoms with Crippen molar-refractivity contribution in [3.8, 4) is 0 Å². The van der Waals surface area contributed by atoms with Crippen molar-refractivity contribution in [1.82, 2.24) is 0 Å². The fraction of sp³-hybridized carbons (Fsp3) is 0.455. The van der Waals surface area contributed by atoms with Gasteiger partial charge in [0.05, 0.1) is 4.92 Å². The summed E-state index contributed by atoms with van der Waals surface area (Å²) in [5.41, 5.74) is 6.85. The molecule has 1 aromatic rings. The largest absolute Gasteiger partial charge is 0.327 e. The van der Waals surface area contributed by atoms with Crippen molar-refractivity contribution in [3.63, 3.8) is 0 Å². The highest BCUT2D eigenvalue weighted by molar-refractivity contribution is 5.48. The summed E-state index contributed by atoms with van der Waals surface area (Å²) in [5.74, 6) is 0.110. The monoisotopic (exact) mass is 206 g/mol. The molecule has 0 spiro atoms. The number of rotatable bonds is 2. The third-order valence-electron chi connectivity index (χ3n) is 3.38. The molecule has 15 heavy (non-hydrogen) atoms. The van der Waals surface area contributed by atoms with Crippen LogP contribution in [0.1, 0.15) is 25.3 Å². The Morgan fingerprint density at radius 3 is 2.40 bits per heavy atom. The van der Waals surface area contributed by atoms with E-state index in [9.17, 15) is 10.1 Å². The zero-order valence-corrected chi connectivity index (χ0v) is 8.81. The van der Waals surface area contributed by atoms with Crippen molar-refractivity contribution in [1.29, 1.82) is 0 Å². The molecule has 1 aromatic carbocycles. The molecular formula is C11H14N2O2. The molecule has 1 saturated carbocycles. The van der Waals surface area contributed by atoms with Crippen LogP contribution < -0.4 is 5.73 Å². The minimum atomic E-state index is -0.337. The Morgan fingerprint density at radius 1 is 1.40 bits per heavy atom. The second-order valence-electron chi connectivity index (χ2n) is 4.64. The molecule has 80 valence electrons. The quantitative estimate of drug-likeness (QED) is 0.594. The van der Waals surface area contributed by atoms with Gasteiger partial charge in [-0.05, 0) is 5.41 Å². The van der Waals surface area contributed by atoms with Crippen LogP contribution in [0.4, 0.5) is 5.69 Å². The van der Waals surface area contributed by atoms with E-state index in [1.165, 1.54) is 6.07 Å². The van der Waals surface area contributed by atoms with E-state index in [4.69, 9.17) is 5.73 Å². The minimum Gasteiger partial charge on any atom is -0.327 e. The smallest absolute Gasteiger partial charge is 0.272 e. The van der Waals surface area contributed by atoms with E-state index in [2.05, 4.69) is 0 Å². The van der Waals surface area contributed by atoms with Crippen molar-refractivity contribution >= 4 is 5.69 Å². The van der Waals surface area contributed by atoms with Gasteiger partial charge >= 0.3 is 0 Å². The Kier molecular flexibility index (Phi) is 2.04. The fourth-order valence-electron chi connectivity index (χ4n) is 2.19. The highest BCUT2D eigenvalue weighted by Crippen LogP contribution is 2.58. The van der Waals surface area contributed by atoms with E-state index < -0.39 is 0 Å². The van der Waals surface area contributed by atoms with E-state index in [1.807, 2.05) is 19.9 Å². The molecule has 1 aliphatic rings. The number of nitrogens with two attached hydrogens (primary N) is 1. The molecule has 0 radical (unpaired) electrons. The number of hydrogen-bond donors (Lipinski definition) is 1. The predicted octanol–water partition coefficient (Wildman–Crippen LogP) is 2.05. The third kappa shape index (κ3) is 1.41. The number of nitro benzene ring substituents is 1. The molecule has 0 amide bonds. The average molecular weight is 206 g/mol. The summed E-state index contributed by atoms with van der Waals surface area (Å²) in [5, 5.41) is 10.8. The summed E-state index contributed by atoms with van der Waals surface area (Å²) in [4.78, 5) is 10.5. The molecule has 4 nitrogen and oxygen atoms in total. The zero-order chi connectivity index (χ0) is 11.2. The van der Waals surface area contributed by atoms with Crippen LogP contribution >= 0.6 is 0 Å². The highest BCUT2D eigenvalue weighted by Gasteiger charge is 2.57. The van der Waals surface area contributed by atoms with Crippen LogP contribution in [0.5, 0.6) is 0 Å². The second kappa shape index (κ2) is 3.03. The first-order chi connectivity index (χ1) is 6.96. The molecular weight excluding hydrogens is 192 g/mol. The van der Waals surface area contributed by atoms with Crippen LogP contribution in [0.2, 0.25) is 0 Å². The van der Waals surface area contributed by atoms with Crippen LogP contribution in [-0.4, -0.2) is 11.0 Å². The summed E-state index contributed by atoms with van der Waals surface area (Å²) in [7, 11) is 0. The fourth-order valence-corrected chi connectivity index (χ4v) is 2.19. The molecule has 2 atom stereocenters. The number of para-hydroxylation sites is 1. The van der Waals surface area contributed by atoms with Crippen LogP contribution in [0.15, 0.2) is 24.3 Å². The lowest BCUT2D eigenvalue weighted by atomic mass is 10.0. The van der Waals surface area contributed by atoms with E-state index in [-0.39, 0.29) is 28.0 Å². The van der Waals surface area contributed by atoms with Gasteiger partial charge in [-0.3, -0.25) is 10.1 Å². The van der Waals surface area contributed by atoms with Gasteiger partial charge in [0.1, 0.15) is 0 Å². The van der Waals surface area contributed by atoms with E-state index in [0.29, 0.717) is 0 Å². The molecule has 2 rings (SSSR count). The number of hydrogen-bond acceptors (Lipinski definition) is 3. The summed E-state index contributed by atoms with van der Waals surface area (Å²) >= 11 is 0. The summed E-state index contributed by atoms with van der Waals surface area (Å²) in [6.45, 7) is 4.08. The first kappa shape index (κ1) is 10.1. The first-order valence-electron chi connectivity index (χ1n) is 4.95. The van der Waals surface area contributed by atoms with Crippen LogP contribution in [0, 0.1) is 15.5 Å². The minimum absolute atomic E-state index is 0.0217. The van der Waals surface area contributed by atoms with E-state index >= 15 is 0 Å². The molecule has 2 N–H and O–H groups in total. The van der Waals surface area contributed by atoms with Gasteiger partial charge in [-0.25, -0.2) is 0 Å². The van der Waals surface area contributed by atoms with E-state index in [1.54, 1.807) is 12.1 Å². The lowest BCUT2D eigenvalue weighted by Crippen LogP contribution is -2.06. The van der Waals surface area contributed by atoms with Crippen molar-refractivity contribution < 1.29 is 4.92 Å². The predicted molar refractivity (Wildman–Crippen MR) is 57.6 cm³/mol. The van der Waals surface area contributed by atoms with Gasteiger partial charge in [-0.2, -0.15) is 0 Å². The van der Waals surface area contributed by atoms with Crippen molar-refractivity contribution in [2.75, 3.05) is 0 Å². The Balaban J connectivity index is 2.42. The molecule has 0 aliphatic heterocycles. The van der Waals surface area contributed by atoms with Gasteiger partial charge in [-0.15, -0.1) is 0 Å². The zero-order valence-electron chi connectivity index (χ0n) is 8.81. The maximum absolute atomic E-state index is 10.8. The van der Waals surface area contributed by atoms with Gasteiger partial charge < -0.3 is 5.73 Å². The van der Waals surface area contributed by atoms with Crippen molar-refractivity contribution in [2.24, 2.45) is 11.1 Å². The summed E-state index contributed by atoms with van der Waals surface area (Å²) in [6, 6.07) is 6.87. The van der Waals surface area contributed by atoms with Gasteiger partial charge in [0.2, 0.25) is 0 Å². The molecule has 0 unspecified atom stereocenters. The molecule has 1 aliphatic carbocycles. The molecule has 1 fully saturated rings. The van der Waals surface area contributed by atoms with Crippen molar-refractivity contribution in [2.45, 2.75) is 25.8 Å². The Hall–Kier alpha value is -1.42. The van der Waals surface area contributed by atoms with Gasteiger partial charge in [-0.1, -0.05) is 32.0 Å². The van der Waals surface area contributed by atoms with Gasteiger partial charge in [0.25, 0.3) is 5.69 Å². The molecule has 0 bridgehead atoms. The number of nitrogens with zero attached hydrogens (tertiary/aromatic N) is 1. The maximum atomic E-state index is 10.8. The molecule has 0 heterocycles. The van der Waals surface area contributed by atoms with Crippen LogP contribution in [0.3, 0.4) is 0 Å². The SMILES string of the molecule is CC1(C)[C@H](N)[C@H]1c1ccccc1[N+](=O)[O-]. The van der Waals surface area contributed by atoms with Gasteiger partial charge in [0, 0.05) is 23.6 Å². The Morgan fingerprint density at radius 2 is 1.93 bits per heavy atom. The normalized spacial score (nSPS) is 27.4. The standard InChI is InChI=1S/C11H14N2O2/c1-11(2)9(10(11)12)7-5-3-4-6-8(7)13(14)15/h3-6,9-10H,12H2,1-2H3/t9-,10-/m1/s1. The maximum Gasteiger partial charge on any atom is 0.272 e. The summed E-state index contributed by atoms with van der Waals surface area (Å²) < 4.78 is 0. The molecule has 4 heteroatoms. The number of benzene rings is 1. The highest BCUT2D eigenvalue weighted by atomic mass is 16.6. The van der Waals surface area contributed by atoms with E-state index in [0.717, 1.165) is 5.56 Å². The molecule has 0 saturated heterocycles. The van der Waals surface area contributed by atoms with Crippen LogP contribution in [-0.2, 0) is 0 Å². The van der Waals surface area contributed by atoms with Gasteiger partial charge in [0.15, 0.2) is 0 Å². The number of nitro groups is 1.